The Morgan fingerprint density at radius 2 is 1.77 bits per heavy atom. The number of carbonyl (C=O) groups excluding carboxylic acids is 1. The molecule has 5 nitrogen and oxygen atoms in total. The summed E-state index contributed by atoms with van der Waals surface area (Å²) < 4.78 is 38.2. The first-order chi connectivity index (χ1) is 12.2. The molecule has 0 heterocycles. The van der Waals surface area contributed by atoms with E-state index in [0.717, 1.165) is 23.1 Å². The van der Waals surface area contributed by atoms with Crippen molar-refractivity contribution >= 4 is 27.3 Å². The molecule has 0 bridgehead atoms. The molecule has 26 heavy (non-hydrogen) atoms. The van der Waals surface area contributed by atoms with Crippen molar-refractivity contribution in [3.8, 4) is 0 Å². The second kappa shape index (κ2) is 8.31. The van der Waals surface area contributed by atoms with E-state index in [0.29, 0.717) is 12.1 Å². The standard InChI is InChI=1S/C19H23FN2O3S/c1-14-6-7-15(2)18(13-14)21-19(23)5-4-12-22(26(3,24)25)17-10-8-16(20)9-11-17/h6-11,13H,4-5,12H2,1-3H3,(H,21,23). The molecule has 2 aromatic rings. The SMILES string of the molecule is Cc1ccc(C)c(NC(=O)CCCN(c2ccc(F)cc2)S(C)(=O)=O)c1. The Morgan fingerprint density at radius 1 is 1.12 bits per heavy atom. The van der Waals surface area contributed by atoms with Gasteiger partial charge in [0.05, 0.1) is 11.9 Å². The Bertz CT molecular complexity index is 880. The van der Waals surface area contributed by atoms with Crippen molar-refractivity contribution in [2.45, 2.75) is 26.7 Å². The summed E-state index contributed by atoms with van der Waals surface area (Å²) in [5.41, 5.74) is 3.15. The van der Waals surface area contributed by atoms with Crippen LogP contribution in [-0.4, -0.2) is 27.1 Å². The number of aryl methyl sites for hydroxylation is 2. The molecule has 0 unspecified atom stereocenters. The summed E-state index contributed by atoms with van der Waals surface area (Å²) in [6, 6.07) is 11.0. The van der Waals surface area contributed by atoms with Crippen LogP contribution in [0.25, 0.3) is 0 Å². The number of hydrogen-bond donors (Lipinski definition) is 1. The number of benzene rings is 2. The molecule has 140 valence electrons. The summed E-state index contributed by atoms with van der Waals surface area (Å²) >= 11 is 0. The Balaban J connectivity index is 1.98. The summed E-state index contributed by atoms with van der Waals surface area (Å²) in [4.78, 5) is 12.2. The average molecular weight is 378 g/mol. The zero-order chi connectivity index (χ0) is 19.3. The molecule has 0 saturated carbocycles. The number of nitrogens with zero attached hydrogens (tertiary/aromatic N) is 1. The van der Waals surface area contributed by atoms with E-state index in [1.54, 1.807) is 0 Å². The number of nitrogens with one attached hydrogen (secondary N) is 1. The predicted octanol–water partition coefficient (Wildman–Crippen LogP) is 3.63. The number of rotatable bonds is 7. The van der Waals surface area contributed by atoms with Crippen LogP contribution in [0.3, 0.4) is 0 Å². The minimum atomic E-state index is -3.52. The third-order valence-electron chi connectivity index (χ3n) is 3.95. The summed E-state index contributed by atoms with van der Waals surface area (Å²) in [7, 11) is -3.52. The van der Waals surface area contributed by atoms with E-state index >= 15 is 0 Å². The largest absolute Gasteiger partial charge is 0.326 e. The molecular weight excluding hydrogens is 355 g/mol. The summed E-state index contributed by atoms with van der Waals surface area (Å²) in [5.74, 6) is -0.610. The van der Waals surface area contributed by atoms with E-state index in [1.807, 2.05) is 32.0 Å². The number of hydrogen-bond acceptors (Lipinski definition) is 3. The first kappa shape index (κ1) is 19.9. The minimum absolute atomic E-state index is 0.144. The predicted molar refractivity (Wildman–Crippen MR) is 102 cm³/mol. The van der Waals surface area contributed by atoms with Gasteiger partial charge in [-0.1, -0.05) is 12.1 Å². The molecule has 2 rings (SSSR count). The Labute approximate surface area is 153 Å². The van der Waals surface area contributed by atoms with Gasteiger partial charge in [0.1, 0.15) is 5.82 Å². The van der Waals surface area contributed by atoms with Crippen molar-refractivity contribution < 1.29 is 17.6 Å². The third kappa shape index (κ3) is 5.56. The number of halogens is 1. The monoisotopic (exact) mass is 378 g/mol. The molecule has 0 aromatic heterocycles. The summed E-state index contributed by atoms with van der Waals surface area (Å²) in [6.45, 7) is 4.00. The number of sulfonamides is 1. The number of anilines is 2. The summed E-state index contributed by atoms with van der Waals surface area (Å²) in [5, 5.41) is 2.85. The second-order valence-electron chi connectivity index (χ2n) is 6.28. The highest BCUT2D eigenvalue weighted by Gasteiger charge is 2.17. The normalized spacial score (nSPS) is 11.2. The first-order valence-electron chi connectivity index (χ1n) is 8.27. The fourth-order valence-electron chi connectivity index (χ4n) is 2.56. The van der Waals surface area contributed by atoms with Crippen LogP contribution >= 0.6 is 0 Å². The van der Waals surface area contributed by atoms with Gasteiger partial charge >= 0.3 is 0 Å². The molecule has 2 aromatic carbocycles. The highest BCUT2D eigenvalue weighted by atomic mass is 32.2. The van der Waals surface area contributed by atoms with Crippen molar-refractivity contribution in [1.29, 1.82) is 0 Å². The fourth-order valence-corrected chi connectivity index (χ4v) is 3.53. The van der Waals surface area contributed by atoms with Crippen LogP contribution in [0.15, 0.2) is 42.5 Å². The van der Waals surface area contributed by atoms with Gasteiger partial charge in [-0.05, 0) is 61.7 Å². The highest BCUT2D eigenvalue weighted by molar-refractivity contribution is 7.92. The molecule has 0 aliphatic carbocycles. The van der Waals surface area contributed by atoms with Gasteiger partial charge in [-0.15, -0.1) is 0 Å². The zero-order valence-electron chi connectivity index (χ0n) is 15.1. The molecule has 0 fully saturated rings. The molecule has 0 saturated heterocycles. The molecule has 0 aliphatic heterocycles. The molecule has 0 spiro atoms. The van der Waals surface area contributed by atoms with Crippen LogP contribution in [-0.2, 0) is 14.8 Å². The lowest BCUT2D eigenvalue weighted by atomic mass is 10.1. The third-order valence-corrected chi connectivity index (χ3v) is 5.14. The van der Waals surface area contributed by atoms with Gasteiger partial charge < -0.3 is 5.32 Å². The highest BCUT2D eigenvalue weighted by Crippen LogP contribution is 2.20. The number of amides is 1. The Hall–Kier alpha value is -2.41. The van der Waals surface area contributed by atoms with Crippen LogP contribution in [0.4, 0.5) is 15.8 Å². The van der Waals surface area contributed by atoms with E-state index in [-0.39, 0.29) is 18.9 Å². The fraction of sp³-hybridized carbons (Fsp3) is 0.316. The van der Waals surface area contributed by atoms with Crippen LogP contribution in [0.1, 0.15) is 24.0 Å². The maximum Gasteiger partial charge on any atom is 0.232 e. The Morgan fingerprint density at radius 3 is 2.38 bits per heavy atom. The molecule has 0 aliphatic rings. The van der Waals surface area contributed by atoms with Gasteiger partial charge in [0.2, 0.25) is 15.9 Å². The molecule has 0 atom stereocenters. The van der Waals surface area contributed by atoms with E-state index in [4.69, 9.17) is 0 Å². The Kier molecular flexibility index (Phi) is 6.37. The lowest BCUT2D eigenvalue weighted by Gasteiger charge is -2.22. The zero-order valence-corrected chi connectivity index (χ0v) is 15.9. The van der Waals surface area contributed by atoms with Crippen LogP contribution < -0.4 is 9.62 Å². The van der Waals surface area contributed by atoms with E-state index in [2.05, 4.69) is 5.32 Å². The maximum atomic E-state index is 13.1. The maximum absolute atomic E-state index is 13.1. The van der Waals surface area contributed by atoms with E-state index in [9.17, 15) is 17.6 Å². The smallest absolute Gasteiger partial charge is 0.232 e. The van der Waals surface area contributed by atoms with E-state index in [1.165, 1.54) is 28.6 Å². The average Bonchev–Trinajstić information content (AvgIpc) is 2.55. The quantitative estimate of drug-likeness (QED) is 0.800. The summed E-state index contributed by atoms with van der Waals surface area (Å²) in [6.07, 6.45) is 1.62. The van der Waals surface area contributed by atoms with Crippen LogP contribution in [0.5, 0.6) is 0 Å². The second-order valence-corrected chi connectivity index (χ2v) is 8.19. The molecule has 1 N–H and O–H groups in total. The van der Waals surface area contributed by atoms with Gasteiger partial charge in [-0.2, -0.15) is 0 Å². The van der Waals surface area contributed by atoms with Gasteiger partial charge in [0, 0.05) is 18.7 Å². The van der Waals surface area contributed by atoms with Crippen molar-refractivity contribution in [2.75, 3.05) is 22.4 Å². The van der Waals surface area contributed by atoms with Gasteiger partial charge in [-0.25, -0.2) is 12.8 Å². The van der Waals surface area contributed by atoms with Gasteiger partial charge in [0.15, 0.2) is 0 Å². The number of carbonyl (C=O) groups is 1. The molecular formula is C19H23FN2O3S. The molecule has 0 radical (unpaired) electrons. The van der Waals surface area contributed by atoms with Crippen molar-refractivity contribution in [3.05, 3.63) is 59.4 Å². The van der Waals surface area contributed by atoms with Crippen molar-refractivity contribution in [1.82, 2.24) is 0 Å². The topological polar surface area (TPSA) is 66.5 Å². The minimum Gasteiger partial charge on any atom is -0.326 e. The van der Waals surface area contributed by atoms with Gasteiger partial charge in [0.25, 0.3) is 0 Å². The van der Waals surface area contributed by atoms with Crippen LogP contribution in [0, 0.1) is 19.7 Å². The van der Waals surface area contributed by atoms with Crippen molar-refractivity contribution in [2.24, 2.45) is 0 Å². The lowest BCUT2D eigenvalue weighted by Crippen LogP contribution is -2.31. The van der Waals surface area contributed by atoms with E-state index < -0.39 is 15.8 Å². The molecule has 7 heteroatoms. The molecule has 1 amide bonds. The van der Waals surface area contributed by atoms with Crippen molar-refractivity contribution in [3.63, 3.8) is 0 Å². The van der Waals surface area contributed by atoms with Crippen LogP contribution in [0.2, 0.25) is 0 Å². The lowest BCUT2D eigenvalue weighted by molar-refractivity contribution is -0.116. The first-order valence-corrected chi connectivity index (χ1v) is 10.1. The van der Waals surface area contributed by atoms with Gasteiger partial charge in [-0.3, -0.25) is 9.10 Å².